The third-order valence-corrected chi connectivity index (χ3v) is 1.95. The summed E-state index contributed by atoms with van der Waals surface area (Å²) >= 11 is 0. The third-order valence-electron chi connectivity index (χ3n) is 1.95. The summed E-state index contributed by atoms with van der Waals surface area (Å²) in [4.78, 5) is 1.75. The Morgan fingerprint density at radius 1 is 1.50 bits per heavy atom. The number of rotatable bonds is 1. The Morgan fingerprint density at radius 2 is 2.36 bits per heavy atom. The van der Waals surface area contributed by atoms with E-state index < -0.39 is 6.10 Å². The SMILES string of the molecule is Nc1nnc(N2CCOCC(O)C2)o1. The monoisotopic (exact) mass is 200 g/mol. The molecule has 1 aromatic heterocycles. The van der Waals surface area contributed by atoms with Crippen LogP contribution in [0.1, 0.15) is 0 Å². The molecule has 0 amide bonds. The van der Waals surface area contributed by atoms with E-state index in [1.165, 1.54) is 0 Å². The van der Waals surface area contributed by atoms with Crippen LogP contribution in [0.15, 0.2) is 4.42 Å². The highest BCUT2D eigenvalue weighted by Crippen LogP contribution is 2.14. The number of aliphatic hydroxyl groups is 1. The van der Waals surface area contributed by atoms with Crippen LogP contribution in [0.3, 0.4) is 0 Å². The molecule has 14 heavy (non-hydrogen) atoms. The fourth-order valence-corrected chi connectivity index (χ4v) is 1.32. The van der Waals surface area contributed by atoms with E-state index in [4.69, 9.17) is 14.9 Å². The van der Waals surface area contributed by atoms with Crippen LogP contribution >= 0.6 is 0 Å². The number of hydrogen-bond donors (Lipinski definition) is 2. The minimum atomic E-state index is -0.536. The number of nitrogens with two attached hydrogens (primary N) is 1. The zero-order valence-corrected chi connectivity index (χ0v) is 7.59. The summed E-state index contributed by atoms with van der Waals surface area (Å²) in [5.74, 6) is 0. The Hall–Kier alpha value is -1.34. The van der Waals surface area contributed by atoms with Crippen molar-refractivity contribution in [2.24, 2.45) is 0 Å². The Balaban J connectivity index is 2.08. The first-order valence-electron chi connectivity index (χ1n) is 4.35. The molecule has 2 heterocycles. The maximum atomic E-state index is 9.44. The number of β-amino-alcohol motifs (C(OH)–C–C–N with tert-alkyl or cyclic N) is 1. The summed E-state index contributed by atoms with van der Waals surface area (Å²) in [6.45, 7) is 1.89. The molecule has 1 aliphatic rings. The quantitative estimate of drug-likeness (QED) is 0.590. The number of hydrogen-bond acceptors (Lipinski definition) is 7. The molecule has 1 fully saturated rings. The second-order valence-corrected chi connectivity index (χ2v) is 3.10. The van der Waals surface area contributed by atoms with Gasteiger partial charge in [-0.1, -0.05) is 10.2 Å². The van der Waals surface area contributed by atoms with E-state index in [1.807, 2.05) is 0 Å². The van der Waals surface area contributed by atoms with Gasteiger partial charge in [0, 0.05) is 6.54 Å². The highest BCUT2D eigenvalue weighted by atomic mass is 16.5. The van der Waals surface area contributed by atoms with Crippen molar-refractivity contribution in [2.75, 3.05) is 36.9 Å². The molecule has 3 N–H and O–H groups in total. The molecule has 78 valence electrons. The standard InChI is InChI=1S/C7H12N4O3/c8-6-9-10-7(14-6)11-1-2-13-4-5(12)3-11/h5,12H,1-4H2,(H2,8,9). The first-order chi connectivity index (χ1) is 6.75. The molecule has 1 aliphatic heterocycles. The van der Waals surface area contributed by atoms with Crippen molar-refractivity contribution in [1.82, 2.24) is 10.2 Å². The summed E-state index contributed by atoms with van der Waals surface area (Å²) in [5, 5.41) is 16.7. The van der Waals surface area contributed by atoms with Crippen molar-refractivity contribution in [3.8, 4) is 0 Å². The first kappa shape index (κ1) is 9.22. The van der Waals surface area contributed by atoms with E-state index in [0.29, 0.717) is 32.3 Å². The number of anilines is 2. The summed E-state index contributed by atoms with van der Waals surface area (Å²) in [6.07, 6.45) is -0.536. The number of aromatic nitrogens is 2. The predicted molar refractivity (Wildman–Crippen MR) is 47.7 cm³/mol. The Labute approximate surface area is 80.5 Å². The highest BCUT2D eigenvalue weighted by Gasteiger charge is 2.20. The van der Waals surface area contributed by atoms with Crippen LogP contribution in [0.2, 0.25) is 0 Å². The van der Waals surface area contributed by atoms with Crippen molar-refractivity contribution < 1.29 is 14.3 Å². The van der Waals surface area contributed by atoms with Gasteiger partial charge in [-0.2, -0.15) is 0 Å². The van der Waals surface area contributed by atoms with Gasteiger partial charge in [0.15, 0.2) is 0 Å². The van der Waals surface area contributed by atoms with Crippen LogP contribution in [0.4, 0.5) is 12.0 Å². The van der Waals surface area contributed by atoms with Gasteiger partial charge in [0.2, 0.25) is 0 Å². The van der Waals surface area contributed by atoms with Gasteiger partial charge in [-0.05, 0) is 0 Å². The van der Waals surface area contributed by atoms with Gasteiger partial charge in [-0.25, -0.2) is 0 Å². The lowest BCUT2D eigenvalue weighted by Gasteiger charge is -2.17. The number of nitrogens with zero attached hydrogens (tertiary/aromatic N) is 3. The van der Waals surface area contributed by atoms with Crippen molar-refractivity contribution in [1.29, 1.82) is 0 Å². The van der Waals surface area contributed by atoms with Crippen LogP contribution in [0.5, 0.6) is 0 Å². The minimum Gasteiger partial charge on any atom is -0.390 e. The Morgan fingerprint density at radius 3 is 3.07 bits per heavy atom. The number of aliphatic hydroxyl groups excluding tert-OH is 1. The van der Waals surface area contributed by atoms with E-state index in [-0.39, 0.29) is 6.01 Å². The fourth-order valence-electron chi connectivity index (χ4n) is 1.32. The lowest BCUT2D eigenvalue weighted by atomic mass is 10.3. The van der Waals surface area contributed by atoms with E-state index in [0.717, 1.165) is 0 Å². The third kappa shape index (κ3) is 1.94. The van der Waals surface area contributed by atoms with E-state index >= 15 is 0 Å². The number of ether oxygens (including phenoxy) is 1. The molecule has 2 rings (SSSR count). The molecular weight excluding hydrogens is 188 g/mol. The van der Waals surface area contributed by atoms with Crippen molar-refractivity contribution in [3.63, 3.8) is 0 Å². The van der Waals surface area contributed by atoms with Gasteiger partial charge in [0.1, 0.15) is 0 Å². The summed E-state index contributed by atoms with van der Waals surface area (Å²) in [6, 6.07) is 0.353. The van der Waals surface area contributed by atoms with Gasteiger partial charge in [-0.3, -0.25) is 0 Å². The molecule has 7 heteroatoms. The molecule has 0 saturated carbocycles. The van der Waals surface area contributed by atoms with Gasteiger partial charge < -0.3 is 24.9 Å². The first-order valence-corrected chi connectivity index (χ1v) is 4.35. The Kier molecular flexibility index (Phi) is 2.51. The maximum Gasteiger partial charge on any atom is 0.319 e. The largest absolute Gasteiger partial charge is 0.390 e. The van der Waals surface area contributed by atoms with Crippen molar-refractivity contribution >= 4 is 12.0 Å². The molecule has 1 unspecified atom stereocenters. The Bertz CT molecular complexity index is 303. The second-order valence-electron chi connectivity index (χ2n) is 3.10. The molecular formula is C7H12N4O3. The molecule has 0 spiro atoms. The average Bonchev–Trinajstić information content (AvgIpc) is 2.45. The molecule has 0 radical (unpaired) electrons. The zero-order chi connectivity index (χ0) is 9.97. The number of nitrogen functional groups attached to an aromatic ring is 1. The van der Waals surface area contributed by atoms with E-state index in [2.05, 4.69) is 10.2 Å². The molecule has 1 aromatic rings. The average molecular weight is 200 g/mol. The lowest BCUT2D eigenvalue weighted by molar-refractivity contribution is 0.0596. The summed E-state index contributed by atoms with van der Waals surface area (Å²) in [7, 11) is 0. The fraction of sp³-hybridized carbons (Fsp3) is 0.714. The van der Waals surface area contributed by atoms with Gasteiger partial charge in [-0.15, -0.1) is 0 Å². The van der Waals surface area contributed by atoms with Crippen LogP contribution in [0, 0.1) is 0 Å². The normalized spacial score (nSPS) is 23.5. The van der Waals surface area contributed by atoms with Gasteiger partial charge in [0.25, 0.3) is 0 Å². The molecule has 0 bridgehead atoms. The zero-order valence-electron chi connectivity index (χ0n) is 7.59. The summed E-state index contributed by atoms with van der Waals surface area (Å²) < 4.78 is 10.2. The van der Waals surface area contributed by atoms with Crippen LogP contribution in [-0.2, 0) is 4.74 Å². The topological polar surface area (TPSA) is 97.6 Å². The van der Waals surface area contributed by atoms with E-state index in [9.17, 15) is 5.11 Å². The van der Waals surface area contributed by atoms with Gasteiger partial charge in [0.05, 0.1) is 25.9 Å². The second kappa shape index (κ2) is 3.81. The van der Waals surface area contributed by atoms with Crippen molar-refractivity contribution in [2.45, 2.75) is 6.10 Å². The molecule has 0 aromatic carbocycles. The van der Waals surface area contributed by atoms with Crippen LogP contribution in [0.25, 0.3) is 0 Å². The molecule has 1 saturated heterocycles. The maximum absolute atomic E-state index is 9.44. The summed E-state index contributed by atoms with van der Waals surface area (Å²) in [5.41, 5.74) is 5.30. The smallest absolute Gasteiger partial charge is 0.319 e. The van der Waals surface area contributed by atoms with Crippen LogP contribution < -0.4 is 10.6 Å². The van der Waals surface area contributed by atoms with Crippen LogP contribution in [-0.4, -0.2) is 47.7 Å². The van der Waals surface area contributed by atoms with E-state index in [1.54, 1.807) is 4.90 Å². The predicted octanol–water partition coefficient (Wildman–Crippen LogP) is -1.15. The molecule has 7 nitrogen and oxygen atoms in total. The molecule has 0 aliphatic carbocycles. The lowest BCUT2D eigenvalue weighted by Crippen LogP contribution is -2.32. The highest BCUT2D eigenvalue weighted by molar-refractivity contribution is 5.28. The minimum absolute atomic E-state index is 0.0275. The van der Waals surface area contributed by atoms with Crippen molar-refractivity contribution in [3.05, 3.63) is 0 Å². The van der Waals surface area contributed by atoms with Gasteiger partial charge >= 0.3 is 12.0 Å². The molecule has 1 atom stereocenters.